The van der Waals surface area contributed by atoms with E-state index in [1.54, 1.807) is 0 Å². The number of hydrogen-bond donors (Lipinski definition) is 1. The molecule has 0 atom stereocenters. The second-order valence-corrected chi connectivity index (χ2v) is 4.35. The van der Waals surface area contributed by atoms with Gasteiger partial charge in [-0.3, -0.25) is 9.69 Å². The number of carbonyl (C=O) groups excluding carboxylic acids is 1. The van der Waals surface area contributed by atoms with E-state index in [9.17, 15) is 4.79 Å². The highest BCUT2D eigenvalue weighted by molar-refractivity contribution is 5.47. The molecule has 1 amide bonds. The normalized spacial score (nSPS) is 19.3. The van der Waals surface area contributed by atoms with Gasteiger partial charge in [0.05, 0.1) is 13.2 Å². The molecular weight excluding hydrogens is 180 g/mol. The fourth-order valence-corrected chi connectivity index (χ4v) is 1.49. The van der Waals surface area contributed by atoms with Crippen LogP contribution in [0.25, 0.3) is 0 Å². The fourth-order valence-electron chi connectivity index (χ4n) is 1.49. The zero-order chi connectivity index (χ0) is 10.4. The average molecular weight is 200 g/mol. The third-order valence-electron chi connectivity index (χ3n) is 2.61. The summed E-state index contributed by atoms with van der Waals surface area (Å²) in [6.45, 7) is 8.80. The maximum absolute atomic E-state index is 10.3. The third-order valence-corrected chi connectivity index (χ3v) is 2.61. The minimum Gasteiger partial charge on any atom is -0.379 e. The van der Waals surface area contributed by atoms with Gasteiger partial charge in [-0.15, -0.1) is 0 Å². The zero-order valence-electron chi connectivity index (χ0n) is 9.08. The third kappa shape index (κ3) is 4.07. The molecule has 0 aromatic carbocycles. The smallest absolute Gasteiger partial charge is 0.207 e. The van der Waals surface area contributed by atoms with Gasteiger partial charge in [0, 0.05) is 25.2 Å². The monoisotopic (exact) mass is 200 g/mol. The molecule has 0 radical (unpaired) electrons. The summed E-state index contributed by atoms with van der Waals surface area (Å²) in [5.74, 6) is 0. The van der Waals surface area contributed by atoms with Crippen molar-refractivity contribution in [1.82, 2.24) is 10.2 Å². The second-order valence-electron chi connectivity index (χ2n) is 4.35. The molecule has 0 aliphatic carbocycles. The molecule has 1 N–H and O–H groups in total. The molecule has 4 nitrogen and oxygen atoms in total. The van der Waals surface area contributed by atoms with Crippen molar-refractivity contribution in [3.05, 3.63) is 0 Å². The molecule has 0 spiro atoms. The number of amides is 1. The van der Waals surface area contributed by atoms with Crippen LogP contribution >= 0.6 is 0 Å². The minimum absolute atomic E-state index is 0.0972. The Morgan fingerprint density at radius 2 is 2.07 bits per heavy atom. The Morgan fingerprint density at radius 1 is 1.43 bits per heavy atom. The van der Waals surface area contributed by atoms with Crippen LogP contribution in [0.2, 0.25) is 0 Å². The van der Waals surface area contributed by atoms with E-state index in [1.165, 1.54) is 0 Å². The van der Waals surface area contributed by atoms with E-state index in [2.05, 4.69) is 10.2 Å². The highest BCUT2D eigenvalue weighted by atomic mass is 16.5. The molecule has 1 saturated heterocycles. The first-order chi connectivity index (χ1) is 6.64. The molecule has 14 heavy (non-hydrogen) atoms. The van der Waals surface area contributed by atoms with Gasteiger partial charge in [0.15, 0.2) is 0 Å². The molecule has 1 rings (SSSR count). The van der Waals surface area contributed by atoms with Gasteiger partial charge in [-0.2, -0.15) is 0 Å². The van der Waals surface area contributed by atoms with E-state index in [1.807, 2.05) is 13.8 Å². The van der Waals surface area contributed by atoms with E-state index in [4.69, 9.17) is 4.74 Å². The Bertz CT molecular complexity index is 177. The Balaban J connectivity index is 2.20. The lowest BCUT2D eigenvalue weighted by Crippen LogP contribution is -2.44. The topological polar surface area (TPSA) is 41.6 Å². The highest BCUT2D eigenvalue weighted by Crippen LogP contribution is 2.09. The van der Waals surface area contributed by atoms with Gasteiger partial charge in [-0.1, -0.05) is 0 Å². The lowest BCUT2D eigenvalue weighted by atomic mass is 10.0. The van der Waals surface area contributed by atoms with Crippen molar-refractivity contribution in [2.24, 2.45) is 0 Å². The molecule has 0 unspecified atom stereocenters. The number of rotatable bonds is 5. The van der Waals surface area contributed by atoms with Gasteiger partial charge in [-0.25, -0.2) is 0 Å². The Labute approximate surface area is 85.6 Å². The number of nitrogens with one attached hydrogen (secondary N) is 1. The molecule has 1 fully saturated rings. The maximum Gasteiger partial charge on any atom is 0.207 e. The summed E-state index contributed by atoms with van der Waals surface area (Å²) in [6.07, 6.45) is 1.76. The Kier molecular flexibility index (Phi) is 4.35. The van der Waals surface area contributed by atoms with Crippen LogP contribution in [0.4, 0.5) is 0 Å². The first-order valence-corrected chi connectivity index (χ1v) is 5.15. The van der Waals surface area contributed by atoms with Crippen molar-refractivity contribution in [1.29, 1.82) is 0 Å². The molecule has 1 heterocycles. The number of morpholine rings is 1. The van der Waals surface area contributed by atoms with Crippen LogP contribution < -0.4 is 5.32 Å². The van der Waals surface area contributed by atoms with Crippen LogP contribution in [0.15, 0.2) is 0 Å². The van der Waals surface area contributed by atoms with Crippen molar-refractivity contribution >= 4 is 6.41 Å². The van der Waals surface area contributed by atoms with Gasteiger partial charge in [0.25, 0.3) is 0 Å². The van der Waals surface area contributed by atoms with E-state index in [0.29, 0.717) is 0 Å². The zero-order valence-corrected chi connectivity index (χ0v) is 9.08. The molecule has 1 aliphatic heterocycles. The molecule has 0 aromatic heterocycles. The van der Waals surface area contributed by atoms with Gasteiger partial charge >= 0.3 is 0 Å². The number of nitrogens with zero attached hydrogens (tertiary/aromatic N) is 1. The fraction of sp³-hybridized carbons (Fsp3) is 0.900. The Morgan fingerprint density at radius 3 is 2.64 bits per heavy atom. The average Bonchev–Trinajstić information content (AvgIpc) is 2.17. The largest absolute Gasteiger partial charge is 0.379 e. The first kappa shape index (κ1) is 11.5. The van der Waals surface area contributed by atoms with Crippen molar-refractivity contribution in [2.75, 3.05) is 32.8 Å². The van der Waals surface area contributed by atoms with E-state index in [-0.39, 0.29) is 5.54 Å². The van der Waals surface area contributed by atoms with E-state index in [0.717, 1.165) is 45.7 Å². The van der Waals surface area contributed by atoms with Crippen LogP contribution in [0.5, 0.6) is 0 Å². The van der Waals surface area contributed by atoms with Crippen LogP contribution in [-0.4, -0.2) is 49.7 Å². The van der Waals surface area contributed by atoms with Crippen LogP contribution in [-0.2, 0) is 9.53 Å². The van der Waals surface area contributed by atoms with E-state index < -0.39 is 0 Å². The minimum atomic E-state index is -0.0972. The molecule has 0 aromatic rings. The van der Waals surface area contributed by atoms with Gasteiger partial charge in [-0.05, 0) is 20.3 Å². The molecule has 4 heteroatoms. The van der Waals surface area contributed by atoms with Gasteiger partial charge < -0.3 is 10.1 Å². The van der Waals surface area contributed by atoms with Crippen molar-refractivity contribution < 1.29 is 9.53 Å². The summed E-state index contributed by atoms with van der Waals surface area (Å²) in [5.41, 5.74) is -0.0972. The molecule has 0 bridgehead atoms. The summed E-state index contributed by atoms with van der Waals surface area (Å²) in [7, 11) is 0. The number of carbonyl (C=O) groups is 1. The second kappa shape index (κ2) is 5.32. The van der Waals surface area contributed by atoms with Crippen LogP contribution in [0.3, 0.4) is 0 Å². The van der Waals surface area contributed by atoms with Crippen LogP contribution in [0, 0.1) is 0 Å². The molecule has 82 valence electrons. The summed E-state index contributed by atoms with van der Waals surface area (Å²) < 4.78 is 5.27. The molecular formula is C10H20N2O2. The highest BCUT2D eigenvalue weighted by Gasteiger charge is 2.18. The van der Waals surface area contributed by atoms with Gasteiger partial charge in [0.1, 0.15) is 0 Å². The first-order valence-electron chi connectivity index (χ1n) is 5.15. The number of ether oxygens (including phenoxy) is 1. The summed E-state index contributed by atoms with van der Waals surface area (Å²) in [6, 6.07) is 0. The summed E-state index contributed by atoms with van der Waals surface area (Å²) in [5, 5.41) is 2.82. The quantitative estimate of drug-likeness (QED) is 0.646. The molecule has 0 saturated carbocycles. The number of hydrogen-bond acceptors (Lipinski definition) is 3. The van der Waals surface area contributed by atoms with Crippen molar-refractivity contribution in [3.63, 3.8) is 0 Å². The summed E-state index contributed by atoms with van der Waals surface area (Å²) in [4.78, 5) is 12.7. The predicted octanol–water partition coefficient (Wildman–Crippen LogP) is 0.233. The SMILES string of the molecule is CC(C)(CCN1CCOCC1)NC=O. The summed E-state index contributed by atoms with van der Waals surface area (Å²) >= 11 is 0. The maximum atomic E-state index is 10.3. The molecule has 1 aliphatic rings. The van der Waals surface area contributed by atoms with Gasteiger partial charge in [0.2, 0.25) is 6.41 Å². The lowest BCUT2D eigenvalue weighted by Gasteiger charge is -2.31. The predicted molar refractivity (Wildman–Crippen MR) is 55.2 cm³/mol. The standard InChI is InChI=1S/C10H20N2O2/c1-10(2,11-9-13)3-4-12-5-7-14-8-6-12/h9H,3-8H2,1-2H3,(H,11,13). The van der Waals surface area contributed by atoms with E-state index >= 15 is 0 Å². The van der Waals surface area contributed by atoms with Crippen LogP contribution in [0.1, 0.15) is 20.3 Å². The lowest BCUT2D eigenvalue weighted by molar-refractivity contribution is -0.111. The van der Waals surface area contributed by atoms with Crippen molar-refractivity contribution in [3.8, 4) is 0 Å². The Hall–Kier alpha value is -0.610. The van der Waals surface area contributed by atoms with Crippen molar-refractivity contribution in [2.45, 2.75) is 25.8 Å².